The number of carbonyl (C=O) groups excluding carboxylic acids is 1. The Morgan fingerprint density at radius 1 is 1.48 bits per heavy atom. The summed E-state index contributed by atoms with van der Waals surface area (Å²) < 4.78 is 9.50. The number of rotatable bonds is 5. The van der Waals surface area contributed by atoms with Crippen molar-refractivity contribution in [2.45, 2.75) is 19.9 Å². The number of urea groups is 1. The van der Waals surface area contributed by atoms with E-state index in [0.717, 1.165) is 22.5 Å². The molecule has 1 saturated heterocycles. The lowest BCUT2D eigenvalue weighted by atomic mass is 10.1. The van der Waals surface area contributed by atoms with Gasteiger partial charge in [0.25, 0.3) is 0 Å². The Labute approximate surface area is 139 Å². The number of anilines is 2. The number of ether oxygens (including phenoxy) is 1. The van der Waals surface area contributed by atoms with Gasteiger partial charge in [-0.05, 0) is 43.1 Å². The highest BCUT2D eigenvalue weighted by Crippen LogP contribution is 2.31. The van der Waals surface area contributed by atoms with Crippen LogP contribution >= 0.6 is 11.5 Å². The highest BCUT2D eigenvalue weighted by atomic mass is 32.1. The Morgan fingerprint density at radius 3 is 3.00 bits per heavy atom. The van der Waals surface area contributed by atoms with Gasteiger partial charge in [0, 0.05) is 29.7 Å². The Bertz CT molecular complexity index is 716. The van der Waals surface area contributed by atoms with Gasteiger partial charge in [-0.15, -0.1) is 0 Å². The number of benzene rings is 1. The third kappa shape index (κ3) is 3.10. The summed E-state index contributed by atoms with van der Waals surface area (Å²) in [6, 6.07) is 6.09. The number of hydrogen-bond acceptors (Lipinski definition) is 5. The normalized spacial score (nSPS) is 15.4. The molecule has 1 aliphatic heterocycles. The van der Waals surface area contributed by atoms with Crippen molar-refractivity contribution in [1.29, 1.82) is 0 Å². The average Bonchev–Trinajstić information content (AvgIpc) is 3.17. The number of amides is 2. The van der Waals surface area contributed by atoms with Gasteiger partial charge in [0.2, 0.25) is 5.88 Å². The topological polar surface area (TPSA) is 66.5 Å². The lowest BCUT2D eigenvalue weighted by molar-refractivity contribution is 0.252. The summed E-state index contributed by atoms with van der Waals surface area (Å²) in [5, 5.41) is 8.27. The van der Waals surface area contributed by atoms with Gasteiger partial charge in [0.1, 0.15) is 0 Å². The molecule has 3 rings (SSSR count). The van der Waals surface area contributed by atoms with E-state index < -0.39 is 0 Å². The van der Waals surface area contributed by atoms with Crippen LogP contribution in [0.1, 0.15) is 24.1 Å². The van der Waals surface area contributed by atoms with Gasteiger partial charge in [0.05, 0.1) is 18.8 Å². The molecule has 0 saturated carbocycles. The number of aryl methyl sites for hydroxylation is 1. The van der Waals surface area contributed by atoms with Crippen molar-refractivity contribution in [3.63, 3.8) is 0 Å². The Balaban J connectivity index is 1.82. The summed E-state index contributed by atoms with van der Waals surface area (Å²) in [6.45, 7) is 5.46. The second-order valence-electron chi connectivity index (χ2n) is 5.53. The standard InChI is InChI=1S/C16H20N4O2S/c1-10-4-5-12(8-14(10)20-7-6-17-16(20)21)18-11(2)13-9-23-19-15(13)22-3/h4-5,8-9,11,18H,6-7H2,1-3H3,(H,17,21). The van der Waals surface area contributed by atoms with E-state index in [9.17, 15) is 4.79 Å². The van der Waals surface area contributed by atoms with Crippen molar-refractivity contribution in [2.24, 2.45) is 0 Å². The van der Waals surface area contributed by atoms with E-state index in [2.05, 4.69) is 21.9 Å². The lowest BCUT2D eigenvalue weighted by Crippen LogP contribution is -2.28. The van der Waals surface area contributed by atoms with Crippen LogP contribution in [0.5, 0.6) is 5.88 Å². The molecule has 23 heavy (non-hydrogen) atoms. The second-order valence-corrected chi connectivity index (χ2v) is 6.16. The molecule has 2 heterocycles. The van der Waals surface area contributed by atoms with Gasteiger partial charge < -0.3 is 15.4 Å². The fourth-order valence-corrected chi connectivity index (χ4v) is 3.44. The van der Waals surface area contributed by atoms with Gasteiger partial charge in [0.15, 0.2) is 0 Å². The highest BCUT2D eigenvalue weighted by Gasteiger charge is 2.23. The van der Waals surface area contributed by atoms with E-state index in [0.29, 0.717) is 19.0 Å². The van der Waals surface area contributed by atoms with Crippen LogP contribution in [-0.4, -0.2) is 30.6 Å². The molecule has 7 heteroatoms. The minimum absolute atomic E-state index is 0.0398. The maximum Gasteiger partial charge on any atom is 0.322 e. The molecule has 0 radical (unpaired) electrons. The number of carbonyl (C=O) groups is 1. The molecule has 122 valence electrons. The first-order valence-corrected chi connectivity index (χ1v) is 8.34. The van der Waals surface area contributed by atoms with E-state index in [-0.39, 0.29) is 12.1 Å². The quantitative estimate of drug-likeness (QED) is 0.882. The zero-order valence-electron chi connectivity index (χ0n) is 13.4. The van der Waals surface area contributed by atoms with Crippen LogP contribution in [0, 0.1) is 6.92 Å². The van der Waals surface area contributed by atoms with Crippen LogP contribution < -0.4 is 20.3 Å². The molecule has 2 amide bonds. The molecule has 1 aromatic carbocycles. The number of aromatic nitrogens is 1. The summed E-state index contributed by atoms with van der Waals surface area (Å²) in [5.41, 5.74) is 4.01. The monoisotopic (exact) mass is 332 g/mol. The van der Waals surface area contributed by atoms with E-state index in [1.807, 2.05) is 30.5 Å². The molecule has 0 spiro atoms. The summed E-state index contributed by atoms with van der Waals surface area (Å²) >= 11 is 1.38. The van der Waals surface area contributed by atoms with Crippen LogP contribution in [0.15, 0.2) is 23.6 Å². The lowest BCUT2D eigenvalue weighted by Gasteiger charge is -2.20. The molecule has 0 aliphatic carbocycles. The number of nitrogens with zero attached hydrogens (tertiary/aromatic N) is 2. The van der Waals surface area contributed by atoms with Gasteiger partial charge in [-0.2, -0.15) is 4.37 Å². The fourth-order valence-electron chi connectivity index (χ4n) is 2.70. The maximum absolute atomic E-state index is 11.9. The van der Waals surface area contributed by atoms with E-state index in [1.54, 1.807) is 12.0 Å². The van der Waals surface area contributed by atoms with Crippen molar-refractivity contribution in [2.75, 3.05) is 30.4 Å². The fraction of sp³-hybridized carbons (Fsp3) is 0.375. The maximum atomic E-state index is 11.9. The molecular formula is C16H20N4O2S. The van der Waals surface area contributed by atoms with Crippen molar-refractivity contribution < 1.29 is 9.53 Å². The zero-order chi connectivity index (χ0) is 16.4. The first-order valence-electron chi connectivity index (χ1n) is 7.51. The SMILES string of the molecule is COc1nscc1C(C)Nc1ccc(C)c(N2CCNC2=O)c1. The summed E-state index contributed by atoms with van der Waals surface area (Å²) in [6.07, 6.45) is 0. The predicted octanol–water partition coefficient (Wildman–Crippen LogP) is 3.16. The molecule has 1 atom stereocenters. The van der Waals surface area contributed by atoms with Crippen LogP contribution in [0.4, 0.5) is 16.2 Å². The van der Waals surface area contributed by atoms with Gasteiger partial charge in [-0.3, -0.25) is 4.90 Å². The van der Waals surface area contributed by atoms with E-state index >= 15 is 0 Å². The smallest absolute Gasteiger partial charge is 0.322 e. The number of hydrogen-bond donors (Lipinski definition) is 2. The van der Waals surface area contributed by atoms with Crippen LogP contribution in [-0.2, 0) is 0 Å². The summed E-state index contributed by atoms with van der Waals surface area (Å²) in [5.74, 6) is 0.654. The first-order chi connectivity index (χ1) is 11.1. The zero-order valence-corrected chi connectivity index (χ0v) is 14.2. The van der Waals surface area contributed by atoms with E-state index in [4.69, 9.17) is 4.74 Å². The molecule has 1 aliphatic rings. The second kappa shape index (κ2) is 6.45. The Morgan fingerprint density at radius 2 is 2.30 bits per heavy atom. The molecule has 2 N–H and O–H groups in total. The van der Waals surface area contributed by atoms with Crippen LogP contribution in [0.25, 0.3) is 0 Å². The third-order valence-corrected chi connectivity index (χ3v) is 4.59. The number of methoxy groups -OCH3 is 1. The highest BCUT2D eigenvalue weighted by molar-refractivity contribution is 7.03. The molecule has 0 bridgehead atoms. The Hall–Kier alpha value is -2.28. The van der Waals surface area contributed by atoms with Gasteiger partial charge in [-0.25, -0.2) is 4.79 Å². The average molecular weight is 332 g/mol. The summed E-state index contributed by atoms with van der Waals surface area (Å²) in [4.78, 5) is 13.7. The molecule has 2 aromatic rings. The van der Waals surface area contributed by atoms with Crippen molar-refractivity contribution in [3.8, 4) is 5.88 Å². The predicted molar refractivity (Wildman–Crippen MR) is 92.6 cm³/mol. The molecule has 1 fully saturated rings. The first kappa shape index (κ1) is 15.6. The Kier molecular flexibility index (Phi) is 4.38. The van der Waals surface area contributed by atoms with Gasteiger partial charge in [-0.1, -0.05) is 6.07 Å². The van der Waals surface area contributed by atoms with E-state index in [1.165, 1.54) is 11.5 Å². The number of nitrogens with one attached hydrogen (secondary N) is 2. The largest absolute Gasteiger partial charge is 0.480 e. The van der Waals surface area contributed by atoms with Gasteiger partial charge >= 0.3 is 6.03 Å². The van der Waals surface area contributed by atoms with Crippen LogP contribution in [0.2, 0.25) is 0 Å². The minimum Gasteiger partial charge on any atom is -0.480 e. The molecule has 1 unspecified atom stereocenters. The van der Waals surface area contributed by atoms with Crippen molar-refractivity contribution >= 4 is 28.9 Å². The minimum atomic E-state index is -0.0398. The van der Waals surface area contributed by atoms with Crippen molar-refractivity contribution in [1.82, 2.24) is 9.69 Å². The molecule has 1 aromatic heterocycles. The molecular weight excluding hydrogens is 312 g/mol. The summed E-state index contributed by atoms with van der Waals surface area (Å²) in [7, 11) is 1.63. The van der Waals surface area contributed by atoms with Crippen LogP contribution in [0.3, 0.4) is 0 Å². The third-order valence-electron chi connectivity index (χ3n) is 3.96. The van der Waals surface area contributed by atoms with Crippen molar-refractivity contribution in [3.05, 3.63) is 34.7 Å². The molecule has 6 nitrogen and oxygen atoms in total.